The number of nitrogens with one attached hydrogen (secondary N) is 1. The Hall–Kier alpha value is -2.57. The van der Waals surface area contributed by atoms with Crippen molar-refractivity contribution in [1.29, 1.82) is 0 Å². The van der Waals surface area contributed by atoms with E-state index in [9.17, 15) is 4.79 Å². The third kappa shape index (κ3) is 5.03. The molecule has 0 fully saturated rings. The number of anilines is 1. The van der Waals surface area contributed by atoms with Crippen molar-refractivity contribution in [3.05, 3.63) is 35.9 Å². The van der Waals surface area contributed by atoms with Crippen molar-refractivity contribution >= 4 is 11.7 Å². The molecule has 1 aromatic heterocycles. The first-order valence-corrected chi connectivity index (χ1v) is 10.4. The van der Waals surface area contributed by atoms with Gasteiger partial charge in [0.15, 0.2) is 5.82 Å². The fraction of sp³-hybridized carbons (Fsp3) is 0.571. The predicted octanol–water partition coefficient (Wildman–Crippen LogP) is 3.92. The maximum absolute atomic E-state index is 12.9. The van der Waals surface area contributed by atoms with Crippen LogP contribution in [0.15, 0.2) is 24.3 Å². The van der Waals surface area contributed by atoms with Crippen LogP contribution in [0.3, 0.4) is 0 Å². The summed E-state index contributed by atoms with van der Waals surface area (Å²) in [6, 6.07) is 7.53. The molecule has 0 bridgehead atoms. The summed E-state index contributed by atoms with van der Waals surface area (Å²) in [6.07, 6.45) is 6.45. The summed E-state index contributed by atoms with van der Waals surface area (Å²) in [4.78, 5) is 14.7. The molecule has 7 nitrogen and oxygen atoms in total. The molecule has 0 spiro atoms. The summed E-state index contributed by atoms with van der Waals surface area (Å²) >= 11 is 0. The molecule has 0 radical (unpaired) electrons. The second-order valence-electron chi connectivity index (χ2n) is 7.09. The Balaban J connectivity index is 1.81. The lowest BCUT2D eigenvalue weighted by molar-refractivity contribution is 0.245. The van der Waals surface area contributed by atoms with Crippen LogP contribution in [0.4, 0.5) is 10.5 Å². The summed E-state index contributed by atoms with van der Waals surface area (Å²) in [5, 5.41) is 11.8. The minimum Gasteiger partial charge on any atom is -0.494 e. The number of ether oxygens (including phenoxy) is 1. The molecule has 0 saturated heterocycles. The number of hydrogen-bond donors (Lipinski definition) is 1. The summed E-state index contributed by atoms with van der Waals surface area (Å²) in [5.74, 6) is 2.68. The fourth-order valence-electron chi connectivity index (χ4n) is 3.44. The Morgan fingerprint density at radius 1 is 1.18 bits per heavy atom. The molecule has 0 atom stereocenters. The van der Waals surface area contributed by atoms with Gasteiger partial charge in [-0.1, -0.05) is 19.8 Å². The quantitative estimate of drug-likeness (QED) is 0.699. The van der Waals surface area contributed by atoms with E-state index >= 15 is 0 Å². The molecule has 1 aliphatic heterocycles. The van der Waals surface area contributed by atoms with Gasteiger partial charge in [0.1, 0.15) is 11.6 Å². The summed E-state index contributed by atoms with van der Waals surface area (Å²) in [5.41, 5.74) is 0.823. The van der Waals surface area contributed by atoms with Gasteiger partial charge in [0, 0.05) is 25.2 Å². The van der Waals surface area contributed by atoms with E-state index in [2.05, 4.69) is 27.0 Å². The molecule has 2 heterocycles. The number of aryl methyl sites for hydroxylation is 1. The van der Waals surface area contributed by atoms with Gasteiger partial charge in [0.25, 0.3) is 0 Å². The molecule has 2 aromatic rings. The maximum Gasteiger partial charge on any atom is 0.322 e. The van der Waals surface area contributed by atoms with Gasteiger partial charge in [-0.15, -0.1) is 10.2 Å². The molecule has 152 valence electrons. The summed E-state index contributed by atoms with van der Waals surface area (Å²) in [7, 11) is 0. The molecular weight excluding hydrogens is 354 g/mol. The fourth-order valence-corrected chi connectivity index (χ4v) is 3.44. The first kappa shape index (κ1) is 20.2. The second kappa shape index (κ2) is 10.1. The van der Waals surface area contributed by atoms with Crippen LogP contribution >= 0.6 is 0 Å². The molecule has 0 saturated carbocycles. The first-order chi connectivity index (χ1) is 13.7. The van der Waals surface area contributed by atoms with Crippen LogP contribution in [-0.4, -0.2) is 33.9 Å². The van der Waals surface area contributed by atoms with Crippen LogP contribution in [0, 0.1) is 0 Å². The zero-order chi connectivity index (χ0) is 19.8. The number of carbonyl (C=O) groups excluding carboxylic acids is 1. The number of urea groups is 1. The largest absolute Gasteiger partial charge is 0.494 e. The van der Waals surface area contributed by atoms with Gasteiger partial charge in [-0.2, -0.15) is 0 Å². The van der Waals surface area contributed by atoms with Crippen molar-refractivity contribution < 1.29 is 9.53 Å². The Morgan fingerprint density at radius 2 is 2.00 bits per heavy atom. The van der Waals surface area contributed by atoms with Crippen molar-refractivity contribution in [3.63, 3.8) is 0 Å². The van der Waals surface area contributed by atoms with Crippen molar-refractivity contribution in [2.45, 2.75) is 65.5 Å². The van der Waals surface area contributed by atoms with Crippen molar-refractivity contribution in [2.24, 2.45) is 0 Å². The maximum atomic E-state index is 12.9. The molecule has 1 aliphatic rings. The predicted molar refractivity (Wildman–Crippen MR) is 110 cm³/mol. The van der Waals surface area contributed by atoms with Gasteiger partial charge in [-0.05, 0) is 50.5 Å². The lowest BCUT2D eigenvalue weighted by atomic mass is 10.2. The molecule has 1 N–H and O–H groups in total. The molecule has 28 heavy (non-hydrogen) atoms. The lowest BCUT2D eigenvalue weighted by Crippen LogP contribution is -2.40. The highest BCUT2D eigenvalue weighted by Crippen LogP contribution is 2.23. The Labute approximate surface area is 167 Å². The molecule has 3 rings (SSSR count). The third-order valence-electron chi connectivity index (χ3n) is 5.00. The molecule has 0 aliphatic carbocycles. The average molecular weight is 386 g/mol. The third-order valence-corrected chi connectivity index (χ3v) is 5.00. The van der Waals surface area contributed by atoms with E-state index in [1.807, 2.05) is 31.2 Å². The molecule has 0 unspecified atom stereocenters. The molecule has 2 amide bonds. The highest BCUT2D eigenvalue weighted by molar-refractivity contribution is 5.91. The van der Waals surface area contributed by atoms with E-state index in [0.717, 1.165) is 61.7 Å². The Bertz CT molecular complexity index is 757. The monoisotopic (exact) mass is 385 g/mol. The van der Waals surface area contributed by atoms with Gasteiger partial charge >= 0.3 is 6.03 Å². The van der Waals surface area contributed by atoms with Crippen LogP contribution < -0.4 is 15.0 Å². The van der Waals surface area contributed by atoms with E-state index < -0.39 is 0 Å². The number of benzene rings is 1. The topological polar surface area (TPSA) is 72.3 Å². The Kier molecular flexibility index (Phi) is 7.28. The van der Waals surface area contributed by atoms with Crippen LogP contribution in [0.2, 0.25) is 0 Å². The molecular formula is C21H31N5O2. The number of nitrogens with zero attached hydrogens (tertiary/aromatic N) is 4. The van der Waals surface area contributed by atoms with E-state index in [4.69, 9.17) is 4.74 Å². The smallest absolute Gasteiger partial charge is 0.322 e. The van der Waals surface area contributed by atoms with Crippen molar-refractivity contribution in [1.82, 2.24) is 20.1 Å². The van der Waals surface area contributed by atoms with Gasteiger partial charge in [0.05, 0.1) is 13.2 Å². The Morgan fingerprint density at radius 3 is 2.75 bits per heavy atom. The van der Waals surface area contributed by atoms with E-state index in [-0.39, 0.29) is 6.03 Å². The van der Waals surface area contributed by atoms with E-state index in [1.54, 1.807) is 4.90 Å². The van der Waals surface area contributed by atoms with Gasteiger partial charge in [0.2, 0.25) is 0 Å². The first-order valence-electron chi connectivity index (χ1n) is 10.4. The number of unbranched alkanes of at least 4 members (excludes halogenated alkanes) is 1. The van der Waals surface area contributed by atoms with E-state index in [0.29, 0.717) is 19.7 Å². The van der Waals surface area contributed by atoms with Crippen LogP contribution in [0.1, 0.15) is 57.6 Å². The lowest BCUT2D eigenvalue weighted by Gasteiger charge is -2.23. The number of carbonyl (C=O) groups is 1. The van der Waals surface area contributed by atoms with Crippen LogP contribution in [0.5, 0.6) is 5.75 Å². The second-order valence-corrected chi connectivity index (χ2v) is 7.09. The number of rotatable bonds is 8. The van der Waals surface area contributed by atoms with Crippen molar-refractivity contribution in [2.75, 3.05) is 18.1 Å². The minimum atomic E-state index is -0.108. The summed E-state index contributed by atoms with van der Waals surface area (Å²) < 4.78 is 7.72. The average Bonchev–Trinajstić information content (AvgIpc) is 2.93. The van der Waals surface area contributed by atoms with Gasteiger partial charge in [-0.3, -0.25) is 4.90 Å². The SMILES string of the molecule is CCCCNC(=O)N(Cc1nnc2n1CCCCC2)c1ccc(OCC)cc1. The normalized spacial score (nSPS) is 13.5. The van der Waals surface area contributed by atoms with Gasteiger partial charge in [-0.25, -0.2) is 4.79 Å². The zero-order valence-electron chi connectivity index (χ0n) is 17.0. The zero-order valence-corrected chi connectivity index (χ0v) is 17.0. The summed E-state index contributed by atoms with van der Waals surface area (Å²) in [6.45, 7) is 6.68. The number of hydrogen-bond acceptors (Lipinski definition) is 4. The van der Waals surface area contributed by atoms with Gasteiger partial charge < -0.3 is 14.6 Å². The van der Waals surface area contributed by atoms with Crippen LogP contribution in [0.25, 0.3) is 0 Å². The number of fused-ring (bicyclic) bond motifs is 1. The standard InChI is InChI=1S/C21H31N5O2/c1-3-5-14-22-21(27)26(17-10-12-18(13-11-17)28-4-2)16-20-24-23-19-9-7-6-8-15-25(19)20/h10-13H,3-9,14-16H2,1-2H3,(H,22,27). The number of aromatic nitrogens is 3. The van der Waals surface area contributed by atoms with Crippen molar-refractivity contribution in [3.8, 4) is 5.75 Å². The highest BCUT2D eigenvalue weighted by Gasteiger charge is 2.21. The minimum absolute atomic E-state index is 0.108. The van der Waals surface area contributed by atoms with E-state index in [1.165, 1.54) is 6.42 Å². The number of amides is 2. The molecule has 7 heteroatoms. The van der Waals surface area contributed by atoms with Crippen LogP contribution in [-0.2, 0) is 19.5 Å². The highest BCUT2D eigenvalue weighted by atomic mass is 16.5. The molecule has 1 aromatic carbocycles.